The first-order chi connectivity index (χ1) is 9.13. The smallest absolute Gasteiger partial charge is 0.317 e. The molecular formula is C15H24N2O2. The van der Waals surface area contributed by atoms with Crippen LogP contribution < -0.4 is 15.4 Å². The summed E-state index contributed by atoms with van der Waals surface area (Å²) in [5.74, 6) is 0.803. The molecular weight excluding hydrogens is 240 g/mol. The summed E-state index contributed by atoms with van der Waals surface area (Å²) in [5, 5.41) is 5.48. The van der Waals surface area contributed by atoms with E-state index >= 15 is 0 Å². The molecule has 0 heterocycles. The average Bonchev–Trinajstić information content (AvgIpc) is 2.37. The molecule has 0 aliphatic rings. The number of hydrogen-bond acceptors (Lipinski definition) is 2. The second kappa shape index (κ2) is 8.40. The minimum Gasteiger partial charge on any atom is -0.473 e. The van der Waals surface area contributed by atoms with Crippen LogP contribution in [0.15, 0.2) is 18.2 Å². The highest BCUT2D eigenvalue weighted by Gasteiger charge is 2.01. The summed E-state index contributed by atoms with van der Waals surface area (Å²) >= 11 is 0. The second-order valence-electron chi connectivity index (χ2n) is 4.70. The van der Waals surface area contributed by atoms with Gasteiger partial charge in [-0.3, -0.25) is 0 Å². The van der Waals surface area contributed by atoms with Gasteiger partial charge in [-0.2, -0.15) is 0 Å². The molecule has 0 spiro atoms. The van der Waals surface area contributed by atoms with E-state index < -0.39 is 0 Å². The Bertz CT molecular complexity index is 405. The van der Waals surface area contributed by atoms with Crippen molar-refractivity contribution in [2.45, 2.75) is 40.0 Å². The fourth-order valence-corrected chi connectivity index (χ4v) is 1.78. The molecule has 0 unspecified atom stereocenters. The van der Waals surface area contributed by atoms with Gasteiger partial charge in [0.15, 0.2) is 6.73 Å². The standard InChI is InChI=1S/C15H24N2O2/c1-4-5-6-9-16-15(18)17-11-19-14-8-7-12(2)10-13(14)3/h7-8,10H,4-6,9,11H2,1-3H3,(H2,16,17,18). The molecule has 2 N–H and O–H groups in total. The Morgan fingerprint density at radius 3 is 2.68 bits per heavy atom. The summed E-state index contributed by atoms with van der Waals surface area (Å²) in [4.78, 5) is 11.4. The van der Waals surface area contributed by atoms with Gasteiger partial charge in [-0.05, 0) is 31.9 Å². The van der Waals surface area contributed by atoms with Crippen LogP contribution in [-0.2, 0) is 0 Å². The first-order valence-corrected chi connectivity index (χ1v) is 6.85. The predicted octanol–water partition coefficient (Wildman–Crippen LogP) is 3.13. The van der Waals surface area contributed by atoms with Crippen LogP contribution in [-0.4, -0.2) is 19.3 Å². The van der Waals surface area contributed by atoms with Gasteiger partial charge in [-0.1, -0.05) is 37.5 Å². The number of carbonyl (C=O) groups is 1. The van der Waals surface area contributed by atoms with Crippen molar-refractivity contribution < 1.29 is 9.53 Å². The van der Waals surface area contributed by atoms with Crippen molar-refractivity contribution in [1.29, 1.82) is 0 Å². The first kappa shape index (κ1) is 15.3. The lowest BCUT2D eigenvalue weighted by Gasteiger charge is -2.11. The number of carbonyl (C=O) groups excluding carboxylic acids is 1. The Hall–Kier alpha value is -1.71. The van der Waals surface area contributed by atoms with Gasteiger partial charge < -0.3 is 15.4 Å². The topological polar surface area (TPSA) is 50.4 Å². The molecule has 0 bridgehead atoms. The van der Waals surface area contributed by atoms with E-state index in [1.807, 2.05) is 26.0 Å². The normalized spacial score (nSPS) is 10.1. The van der Waals surface area contributed by atoms with E-state index in [0.717, 1.165) is 30.6 Å². The number of rotatable bonds is 7. The summed E-state index contributed by atoms with van der Waals surface area (Å²) < 4.78 is 5.52. The Labute approximate surface area is 115 Å². The van der Waals surface area contributed by atoms with Crippen LogP contribution in [0.5, 0.6) is 5.75 Å². The lowest BCUT2D eigenvalue weighted by Crippen LogP contribution is -2.38. The number of benzene rings is 1. The summed E-state index contributed by atoms with van der Waals surface area (Å²) in [6.07, 6.45) is 3.31. The number of urea groups is 1. The summed E-state index contributed by atoms with van der Waals surface area (Å²) in [7, 11) is 0. The van der Waals surface area contributed by atoms with Crippen molar-refractivity contribution >= 4 is 6.03 Å². The van der Waals surface area contributed by atoms with Gasteiger partial charge in [0.25, 0.3) is 0 Å². The maximum Gasteiger partial charge on any atom is 0.317 e. The van der Waals surface area contributed by atoms with E-state index in [-0.39, 0.29) is 12.8 Å². The van der Waals surface area contributed by atoms with Gasteiger partial charge >= 0.3 is 6.03 Å². The number of hydrogen-bond donors (Lipinski definition) is 2. The van der Waals surface area contributed by atoms with Gasteiger partial charge in [0, 0.05) is 6.54 Å². The molecule has 0 aliphatic heterocycles. The van der Waals surface area contributed by atoms with Crippen LogP contribution in [0.25, 0.3) is 0 Å². The number of ether oxygens (including phenoxy) is 1. The predicted molar refractivity (Wildman–Crippen MR) is 77.5 cm³/mol. The zero-order valence-corrected chi connectivity index (χ0v) is 12.1. The third-order valence-corrected chi connectivity index (χ3v) is 2.86. The molecule has 0 aromatic heterocycles. The highest BCUT2D eigenvalue weighted by molar-refractivity contribution is 5.73. The van der Waals surface area contributed by atoms with Crippen molar-refractivity contribution in [3.8, 4) is 5.75 Å². The molecule has 0 fully saturated rings. The number of aryl methyl sites for hydroxylation is 2. The summed E-state index contributed by atoms with van der Waals surface area (Å²) in [6, 6.07) is 5.79. The van der Waals surface area contributed by atoms with Gasteiger partial charge in [0.2, 0.25) is 0 Å². The minimum atomic E-state index is -0.180. The van der Waals surface area contributed by atoms with Crippen molar-refractivity contribution in [1.82, 2.24) is 10.6 Å². The Kier molecular flexibility index (Phi) is 6.79. The Morgan fingerprint density at radius 2 is 2.00 bits per heavy atom. The lowest BCUT2D eigenvalue weighted by atomic mass is 10.1. The van der Waals surface area contributed by atoms with Crippen molar-refractivity contribution in [3.63, 3.8) is 0 Å². The molecule has 4 nitrogen and oxygen atoms in total. The van der Waals surface area contributed by atoms with Gasteiger partial charge in [0.05, 0.1) is 0 Å². The number of unbranched alkanes of at least 4 members (excludes halogenated alkanes) is 2. The maximum absolute atomic E-state index is 11.4. The molecule has 0 saturated heterocycles. The van der Waals surface area contributed by atoms with Gasteiger partial charge in [-0.25, -0.2) is 4.79 Å². The molecule has 1 aromatic carbocycles. The molecule has 0 atom stereocenters. The van der Waals surface area contributed by atoms with Crippen LogP contribution >= 0.6 is 0 Å². The lowest BCUT2D eigenvalue weighted by molar-refractivity contribution is 0.223. The zero-order chi connectivity index (χ0) is 14.1. The monoisotopic (exact) mass is 264 g/mol. The number of nitrogens with one attached hydrogen (secondary N) is 2. The van der Waals surface area contributed by atoms with Crippen molar-refractivity contribution in [2.75, 3.05) is 13.3 Å². The Balaban J connectivity index is 2.20. The van der Waals surface area contributed by atoms with Crippen LogP contribution in [0, 0.1) is 13.8 Å². The second-order valence-corrected chi connectivity index (χ2v) is 4.70. The van der Waals surface area contributed by atoms with Crippen molar-refractivity contribution in [2.24, 2.45) is 0 Å². The van der Waals surface area contributed by atoms with Gasteiger partial charge in [-0.15, -0.1) is 0 Å². The first-order valence-electron chi connectivity index (χ1n) is 6.85. The molecule has 19 heavy (non-hydrogen) atoms. The largest absolute Gasteiger partial charge is 0.473 e. The van der Waals surface area contributed by atoms with E-state index in [4.69, 9.17) is 4.74 Å². The fourth-order valence-electron chi connectivity index (χ4n) is 1.78. The van der Waals surface area contributed by atoms with Crippen LogP contribution in [0.2, 0.25) is 0 Å². The SMILES string of the molecule is CCCCCNC(=O)NCOc1ccc(C)cc1C. The highest BCUT2D eigenvalue weighted by Crippen LogP contribution is 2.18. The maximum atomic E-state index is 11.4. The highest BCUT2D eigenvalue weighted by atomic mass is 16.5. The summed E-state index contributed by atoms with van der Waals surface area (Å²) in [6.45, 7) is 7.07. The quantitative estimate of drug-likeness (QED) is 0.587. The van der Waals surface area contributed by atoms with Crippen LogP contribution in [0.1, 0.15) is 37.3 Å². The Morgan fingerprint density at radius 1 is 1.21 bits per heavy atom. The molecule has 0 aliphatic carbocycles. The third kappa shape index (κ3) is 6.13. The fraction of sp³-hybridized carbons (Fsp3) is 0.533. The average molecular weight is 264 g/mol. The van der Waals surface area contributed by atoms with E-state index in [0.29, 0.717) is 6.54 Å². The van der Waals surface area contributed by atoms with Crippen LogP contribution in [0.3, 0.4) is 0 Å². The van der Waals surface area contributed by atoms with E-state index in [9.17, 15) is 4.79 Å². The molecule has 2 amide bonds. The third-order valence-electron chi connectivity index (χ3n) is 2.86. The van der Waals surface area contributed by atoms with E-state index in [1.165, 1.54) is 5.56 Å². The molecule has 4 heteroatoms. The molecule has 106 valence electrons. The van der Waals surface area contributed by atoms with E-state index in [2.05, 4.69) is 23.6 Å². The van der Waals surface area contributed by atoms with Crippen molar-refractivity contribution in [3.05, 3.63) is 29.3 Å². The minimum absolute atomic E-state index is 0.180. The zero-order valence-electron chi connectivity index (χ0n) is 12.1. The number of amides is 2. The van der Waals surface area contributed by atoms with Crippen LogP contribution in [0.4, 0.5) is 4.79 Å². The van der Waals surface area contributed by atoms with Gasteiger partial charge in [0.1, 0.15) is 5.75 Å². The van der Waals surface area contributed by atoms with E-state index in [1.54, 1.807) is 0 Å². The molecule has 0 saturated carbocycles. The molecule has 0 radical (unpaired) electrons. The molecule has 1 rings (SSSR count). The summed E-state index contributed by atoms with van der Waals surface area (Å²) in [5.41, 5.74) is 2.27. The molecule has 1 aromatic rings.